The zero-order valence-corrected chi connectivity index (χ0v) is 19.4. The second kappa shape index (κ2) is 8.69. The van der Waals surface area contributed by atoms with E-state index in [1.54, 1.807) is 19.1 Å². The minimum Gasteiger partial charge on any atom is -0.497 e. The molecule has 1 amide bonds. The Balaban J connectivity index is 2.67. The molecule has 1 atom stereocenters. The Morgan fingerprint density at radius 1 is 1.32 bits per heavy atom. The van der Waals surface area contributed by atoms with Gasteiger partial charge in [0.2, 0.25) is 5.91 Å². The van der Waals surface area contributed by atoms with Crippen molar-refractivity contribution in [2.75, 3.05) is 25.7 Å². The molecule has 0 aromatic heterocycles. The molecular weight excluding hydrogens is 398 g/mol. The van der Waals surface area contributed by atoms with Gasteiger partial charge in [0, 0.05) is 24.0 Å². The van der Waals surface area contributed by atoms with E-state index in [1.807, 2.05) is 25.1 Å². The normalized spacial score (nSPS) is 13.5. The standard InChI is InChI=1S/C19H32BrNO3Si/c1-14(11-12-24-25(7,8)19(2,3)4)18(22)21(5)17-10-9-15(23-6)13-16(17)20/h9-10,13-14H,11-12H2,1-8H3. The van der Waals surface area contributed by atoms with Crippen LogP contribution >= 0.6 is 15.9 Å². The third-order valence-electron chi connectivity index (χ3n) is 5.09. The van der Waals surface area contributed by atoms with E-state index in [0.717, 1.165) is 22.3 Å². The van der Waals surface area contributed by atoms with Gasteiger partial charge >= 0.3 is 0 Å². The molecule has 0 aliphatic rings. The highest BCUT2D eigenvalue weighted by Crippen LogP contribution is 2.36. The quantitative estimate of drug-likeness (QED) is 0.539. The number of nitrogens with zero attached hydrogens (tertiary/aromatic N) is 1. The molecule has 142 valence electrons. The van der Waals surface area contributed by atoms with E-state index in [1.165, 1.54) is 0 Å². The van der Waals surface area contributed by atoms with E-state index in [-0.39, 0.29) is 16.9 Å². The van der Waals surface area contributed by atoms with Crippen LogP contribution in [0.1, 0.15) is 34.1 Å². The number of hydrogen-bond acceptors (Lipinski definition) is 3. The van der Waals surface area contributed by atoms with Crippen LogP contribution in [0.15, 0.2) is 22.7 Å². The molecule has 0 saturated heterocycles. The van der Waals surface area contributed by atoms with Crippen molar-refractivity contribution in [3.05, 3.63) is 22.7 Å². The Bertz CT molecular complexity index is 599. The van der Waals surface area contributed by atoms with Crippen LogP contribution in [-0.4, -0.2) is 35.0 Å². The van der Waals surface area contributed by atoms with Crippen LogP contribution in [0.4, 0.5) is 5.69 Å². The number of halogens is 1. The predicted octanol–water partition coefficient (Wildman–Crippen LogP) is 5.47. The van der Waals surface area contributed by atoms with Crippen molar-refractivity contribution in [1.29, 1.82) is 0 Å². The van der Waals surface area contributed by atoms with Crippen molar-refractivity contribution in [1.82, 2.24) is 0 Å². The largest absolute Gasteiger partial charge is 0.497 e. The lowest BCUT2D eigenvalue weighted by Crippen LogP contribution is -2.41. The first-order valence-electron chi connectivity index (χ1n) is 8.66. The van der Waals surface area contributed by atoms with Gasteiger partial charge in [-0.05, 0) is 58.7 Å². The van der Waals surface area contributed by atoms with Gasteiger partial charge in [0.05, 0.1) is 12.8 Å². The SMILES string of the molecule is COc1ccc(N(C)C(=O)C(C)CCO[Si](C)(C)C(C)(C)C)c(Br)c1. The molecule has 4 nitrogen and oxygen atoms in total. The fraction of sp³-hybridized carbons (Fsp3) is 0.632. The van der Waals surface area contributed by atoms with E-state index in [2.05, 4.69) is 49.8 Å². The number of anilines is 1. The summed E-state index contributed by atoms with van der Waals surface area (Å²) in [6.45, 7) is 13.7. The molecule has 25 heavy (non-hydrogen) atoms. The first-order chi connectivity index (χ1) is 11.4. The topological polar surface area (TPSA) is 38.8 Å². The molecule has 0 fully saturated rings. The highest BCUT2D eigenvalue weighted by atomic mass is 79.9. The predicted molar refractivity (Wildman–Crippen MR) is 111 cm³/mol. The number of benzene rings is 1. The molecule has 0 N–H and O–H groups in total. The fourth-order valence-electron chi connectivity index (χ4n) is 2.17. The second-order valence-corrected chi connectivity index (χ2v) is 13.7. The van der Waals surface area contributed by atoms with Gasteiger partial charge in [-0.15, -0.1) is 0 Å². The monoisotopic (exact) mass is 429 g/mol. The number of carbonyl (C=O) groups excluding carboxylic acids is 1. The number of amides is 1. The van der Waals surface area contributed by atoms with Gasteiger partial charge < -0.3 is 14.1 Å². The summed E-state index contributed by atoms with van der Waals surface area (Å²) in [5.74, 6) is 0.751. The van der Waals surface area contributed by atoms with Crippen molar-refractivity contribution < 1.29 is 14.0 Å². The number of methoxy groups -OCH3 is 1. The maximum absolute atomic E-state index is 12.7. The molecule has 0 radical (unpaired) electrons. The Hall–Kier alpha value is -0.853. The Labute approximate surface area is 162 Å². The lowest BCUT2D eigenvalue weighted by molar-refractivity contribution is -0.122. The molecule has 0 saturated carbocycles. The average Bonchev–Trinajstić information content (AvgIpc) is 2.51. The van der Waals surface area contributed by atoms with Gasteiger partial charge in [0.1, 0.15) is 5.75 Å². The summed E-state index contributed by atoms with van der Waals surface area (Å²) in [5.41, 5.74) is 0.836. The summed E-state index contributed by atoms with van der Waals surface area (Å²) < 4.78 is 12.2. The maximum Gasteiger partial charge on any atom is 0.229 e. The lowest BCUT2D eigenvalue weighted by Gasteiger charge is -2.36. The van der Waals surface area contributed by atoms with Gasteiger partial charge in [-0.2, -0.15) is 0 Å². The van der Waals surface area contributed by atoms with Crippen LogP contribution in [0, 0.1) is 5.92 Å². The summed E-state index contributed by atoms with van der Waals surface area (Å²) in [5, 5.41) is 0.186. The molecule has 0 heterocycles. The zero-order valence-electron chi connectivity index (χ0n) is 16.8. The minimum atomic E-state index is -1.76. The Morgan fingerprint density at radius 2 is 1.92 bits per heavy atom. The molecule has 0 aliphatic heterocycles. The third kappa shape index (κ3) is 5.83. The van der Waals surface area contributed by atoms with Crippen molar-refractivity contribution in [2.45, 2.75) is 52.2 Å². The van der Waals surface area contributed by atoms with Gasteiger partial charge in [0.15, 0.2) is 8.32 Å². The van der Waals surface area contributed by atoms with Crippen LogP contribution in [0.2, 0.25) is 18.1 Å². The Morgan fingerprint density at radius 3 is 2.40 bits per heavy atom. The summed E-state index contributed by atoms with van der Waals surface area (Å²) in [6.07, 6.45) is 0.726. The van der Waals surface area contributed by atoms with Crippen molar-refractivity contribution in [3.8, 4) is 5.75 Å². The van der Waals surface area contributed by atoms with Crippen molar-refractivity contribution in [3.63, 3.8) is 0 Å². The minimum absolute atomic E-state index is 0.0877. The smallest absolute Gasteiger partial charge is 0.229 e. The first kappa shape index (κ1) is 22.2. The highest BCUT2D eigenvalue weighted by molar-refractivity contribution is 9.10. The molecule has 1 aromatic rings. The van der Waals surface area contributed by atoms with Crippen LogP contribution < -0.4 is 9.64 Å². The van der Waals surface area contributed by atoms with Gasteiger partial charge in [-0.3, -0.25) is 4.79 Å². The summed E-state index contributed by atoms with van der Waals surface area (Å²) in [6, 6.07) is 5.61. The molecule has 1 unspecified atom stereocenters. The number of carbonyl (C=O) groups is 1. The molecule has 0 aliphatic carbocycles. The van der Waals surface area contributed by atoms with Gasteiger partial charge in [0.25, 0.3) is 0 Å². The number of rotatable bonds is 7. The van der Waals surface area contributed by atoms with Crippen LogP contribution in [0.25, 0.3) is 0 Å². The van der Waals surface area contributed by atoms with Crippen molar-refractivity contribution >= 4 is 35.8 Å². The van der Waals surface area contributed by atoms with E-state index in [4.69, 9.17) is 9.16 Å². The molecule has 1 aromatic carbocycles. The molecule has 0 spiro atoms. The first-order valence-corrected chi connectivity index (χ1v) is 12.4. The van der Waals surface area contributed by atoms with Crippen LogP contribution in [-0.2, 0) is 9.22 Å². The average molecular weight is 430 g/mol. The van der Waals surface area contributed by atoms with E-state index in [9.17, 15) is 4.79 Å². The maximum atomic E-state index is 12.7. The fourth-order valence-corrected chi connectivity index (χ4v) is 3.85. The van der Waals surface area contributed by atoms with E-state index in [0.29, 0.717) is 6.61 Å². The van der Waals surface area contributed by atoms with Gasteiger partial charge in [-0.25, -0.2) is 0 Å². The zero-order chi connectivity index (χ0) is 19.4. The summed E-state index contributed by atoms with van der Waals surface area (Å²) in [4.78, 5) is 14.4. The second-order valence-electron chi connectivity index (χ2n) is 8.01. The molecule has 6 heteroatoms. The lowest BCUT2D eigenvalue weighted by atomic mass is 10.1. The van der Waals surface area contributed by atoms with E-state index >= 15 is 0 Å². The van der Waals surface area contributed by atoms with E-state index < -0.39 is 8.32 Å². The van der Waals surface area contributed by atoms with Crippen LogP contribution in [0.3, 0.4) is 0 Å². The van der Waals surface area contributed by atoms with Crippen LogP contribution in [0.5, 0.6) is 5.75 Å². The van der Waals surface area contributed by atoms with Crippen molar-refractivity contribution in [2.24, 2.45) is 5.92 Å². The molecule has 0 bridgehead atoms. The summed E-state index contributed by atoms with van der Waals surface area (Å²) in [7, 11) is 1.67. The third-order valence-corrected chi connectivity index (χ3v) is 10.3. The highest BCUT2D eigenvalue weighted by Gasteiger charge is 2.37. The number of hydrogen-bond donors (Lipinski definition) is 0. The summed E-state index contributed by atoms with van der Waals surface area (Å²) >= 11 is 3.51. The van der Waals surface area contributed by atoms with Gasteiger partial charge in [-0.1, -0.05) is 27.7 Å². The Kier molecular flexibility index (Phi) is 7.71. The molecular formula is C19H32BrNO3Si. The number of ether oxygens (including phenoxy) is 1. The molecule has 1 rings (SSSR count).